The van der Waals surface area contributed by atoms with Gasteiger partial charge in [-0.15, -0.1) is 0 Å². The second-order valence-electron chi connectivity index (χ2n) is 10.7. The number of fused-ring (bicyclic) bond motifs is 1. The maximum atomic E-state index is 15.9. The summed E-state index contributed by atoms with van der Waals surface area (Å²) in [6.45, 7) is 4.93. The van der Waals surface area contributed by atoms with Gasteiger partial charge < -0.3 is 14.8 Å². The number of nitrogens with one attached hydrogen (secondary N) is 2. The van der Waals surface area contributed by atoms with Crippen LogP contribution in [0.5, 0.6) is 0 Å². The maximum Gasteiger partial charge on any atom is 0.277 e. The normalized spacial score (nSPS) is 17.4. The Kier molecular flexibility index (Phi) is 8.25. The van der Waals surface area contributed by atoms with Crippen molar-refractivity contribution >= 4 is 51.5 Å². The van der Waals surface area contributed by atoms with Crippen LogP contribution in [0.2, 0.25) is 0 Å². The number of sulfone groups is 1. The van der Waals surface area contributed by atoms with Crippen molar-refractivity contribution in [1.82, 2.24) is 19.9 Å². The first-order valence-electron chi connectivity index (χ1n) is 13.6. The van der Waals surface area contributed by atoms with Crippen LogP contribution in [0.4, 0.5) is 15.8 Å². The number of unbranched alkanes of at least 4 members (excludes halogenated alkanes) is 1. The van der Waals surface area contributed by atoms with Gasteiger partial charge in [-0.3, -0.25) is 9.63 Å². The molecule has 1 saturated heterocycles. The highest BCUT2D eigenvalue weighted by molar-refractivity contribution is 7.91. The fourth-order valence-corrected chi connectivity index (χ4v) is 6.16. The van der Waals surface area contributed by atoms with Crippen LogP contribution in [0.15, 0.2) is 30.6 Å². The molecule has 2 heterocycles. The zero-order valence-corrected chi connectivity index (χ0v) is 23.3. The average Bonchev–Trinajstić information content (AvgIpc) is 3.63. The summed E-state index contributed by atoms with van der Waals surface area (Å²) in [4.78, 5) is 25.1. The van der Waals surface area contributed by atoms with Gasteiger partial charge >= 0.3 is 0 Å². The summed E-state index contributed by atoms with van der Waals surface area (Å²) in [5.41, 5.74) is 6.16. The molecule has 0 bridgehead atoms. The van der Waals surface area contributed by atoms with E-state index in [4.69, 9.17) is 4.84 Å². The van der Waals surface area contributed by atoms with Crippen molar-refractivity contribution < 1.29 is 22.4 Å². The number of nitrogens with zero attached hydrogens (tertiary/aromatic N) is 3. The molecule has 1 aromatic heterocycles. The number of hydrogen-bond donors (Lipinski definition) is 2. The van der Waals surface area contributed by atoms with Crippen molar-refractivity contribution in [2.75, 3.05) is 43.1 Å². The molecule has 3 aromatic rings. The first kappa shape index (κ1) is 27.6. The molecule has 0 unspecified atom stereocenters. The third-order valence-electron chi connectivity index (χ3n) is 7.48. The largest absolute Gasteiger partial charge is 0.352 e. The number of carbonyl (C=O) groups is 1. The SMILES string of the molecule is Bc1ccc(Nc2c(C(=O)NOCC3CC3)cc3c(ncn3CCCCN3CCS(=O)(=O)CC3)c2F)c(C)c1. The standard InChI is InChI=1S/C27H35BFN5O4S/c1-18-14-20(28)6-7-22(18)31-25-21(27(35)32-38-16-19-4-5-19)15-23-26(24(25)29)30-17-34(23)9-3-2-8-33-10-12-39(36,37)13-11-33/h6-7,14-15,17,19,31H,2-5,8-13,16,28H2,1H3,(H,32,35). The van der Waals surface area contributed by atoms with E-state index in [9.17, 15) is 13.2 Å². The number of hydroxylamine groups is 1. The van der Waals surface area contributed by atoms with E-state index in [1.165, 1.54) is 0 Å². The number of carbonyl (C=O) groups excluding carboxylic acids is 1. The fraction of sp³-hybridized carbons (Fsp3) is 0.481. The van der Waals surface area contributed by atoms with Crippen molar-refractivity contribution in [1.29, 1.82) is 0 Å². The number of aromatic nitrogens is 2. The predicted molar refractivity (Wildman–Crippen MR) is 153 cm³/mol. The molecular weight excluding hydrogens is 520 g/mol. The summed E-state index contributed by atoms with van der Waals surface area (Å²) in [7, 11) is -0.904. The van der Waals surface area contributed by atoms with E-state index < -0.39 is 21.6 Å². The van der Waals surface area contributed by atoms with Crippen LogP contribution in [0.1, 0.15) is 41.6 Å². The Balaban J connectivity index is 1.34. The second-order valence-corrected chi connectivity index (χ2v) is 13.1. The number of benzene rings is 2. The van der Waals surface area contributed by atoms with E-state index in [2.05, 4.69) is 20.7 Å². The Morgan fingerprint density at radius 1 is 1.18 bits per heavy atom. The summed E-state index contributed by atoms with van der Waals surface area (Å²) < 4.78 is 41.1. The van der Waals surface area contributed by atoms with Crippen molar-refractivity contribution in [3.63, 3.8) is 0 Å². The lowest BCUT2D eigenvalue weighted by atomic mass is 9.94. The number of imidazole rings is 1. The van der Waals surface area contributed by atoms with E-state index in [-0.39, 0.29) is 28.3 Å². The Hall–Kier alpha value is -2.96. The third kappa shape index (κ3) is 6.80. The van der Waals surface area contributed by atoms with E-state index >= 15 is 4.39 Å². The fourth-order valence-electron chi connectivity index (χ4n) is 4.88. The molecule has 208 valence electrons. The average molecular weight is 555 g/mol. The highest BCUT2D eigenvalue weighted by Gasteiger charge is 2.25. The number of rotatable bonds is 11. The second kappa shape index (κ2) is 11.7. The summed E-state index contributed by atoms with van der Waals surface area (Å²) >= 11 is 0. The van der Waals surface area contributed by atoms with Crippen LogP contribution in [-0.4, -0.2) is 74.4 Å². The summed E-state index contributed by atoms with van der Waals surface area (Å²) in [6.07, 6.45) is 5.47. The molecule has 1 aliphatic heterocycles. The van der Waals surface area contributed by atoms with Crippen LogP contribution >= 0.6 is 0 Å². The highest BCUT2D eigenvalue weighted by Crippen LogP contribution is 2.32. The lowest BCUT2D eigenvalue weighted by molar-refractivity contribution is 0.0271. The number of hydrogen-bond acceptors (Lipinski definition) is 7. The topological polar surface area (TPSA) is 106 Å². The lowest BCUT2D eigenvalue weighted by Gasteiger charge is -2.26. The van der Waals surface area contributed by atoms with E-state index in [0.717, 1.165) is 43.3 Å². The van der Waals surface area contributed by atoms with Gasteiger partial charge in [-0.2, -0.15) is 0 Å². The van der Waals surface area contributed by atoms with Crippen molar-refractivity contribution in [3.05, 3.63) is 47.5 Å². The predicted octanol–water partition coefficient (Wildman–Crippen LogP) is 2.07. The van der Waals surface area contributed by atoms with Crippen LogP contribution in [0.25, 0.3) is 11.0 Å². The Morgan fingerprint density at radius 2 is 1.92 bits per heavy atom. The Morgan fingerprint density at radius 3 is 2.64 bits per heavy atom. The van der Waals surface area contributed by atoms with E-state index in [1.54, 1.807) is 12.4 Å². The number of aryl methyl sites for hydroxylation is 2. The summed E-state index contributed by atoms with van der Waals surface area (Å²) in [5, 5.41) is 3.14. The van der Waals surface area contributed by atoms with E-state index in [0.29, 0.717) is 43.4 Å². The minimum Gasteiger partial charge on any atom is -0.352 e. The molecule has 1 amide bonds. The highest BCUT2D eigenvalue weighted by atomic mass is 32.2. The van der Waals surface area contributed by atoms with E-state index in [1.807, 2.05) is 37.5 Å². The molecule has 39 heavy (non-hydrogen) atoms. The molecule has 2 fully saturated rings. The minimum atomic E-state index is -2.89. The van der Waals surface area contributed by atoms with Gasteiger partial charge in [-0.1, -0.05) is 17.6 Å². The third-order valence-corrected chi connectivity index (χ3v) is 9.09. The molecule has 5 rings (SSSR count). The van der Waals surface area contributed by atoms with Gasteiger partial charge in [0.2, 0.25) is 0 Å². The van der Waals surface area contributed by atoms with Crippen LogP contribution in [0, 0.1) is 18.7 Å². The van der Waals surface area contributed by atoms with Gasteiger partial charge in [-0.25, -0.2) is 23.3 Å². The van der Waals surface area contributed by atoms with Crippen molar-refractivity contribution in [3.8, 4) is 0 Å². The monoisotopic (exact) mass is 555 g/mol. The summed E-state index contributed by atoms with van der Waals surface area (Å²) in [5.74, 6) is -0.212. The molecule has 9 nitrogen and oxygen atoms in total. The van der Waals surface area contributed by atoms with Gasteiger partial charge in [0.25, 0.3) is 5.91 Å². The molecule has 0 radical (unpaired) electrons. The van der Waals surface area contributed by atoms with Crippen molar-refractivity contribution in [2.24, 2.45) is 5.92 Å². The molecule has 0 atom stereocenters. The number of anilines is 2. The van der Waals surface area contributed by atoms with Gasteiger partial charge in [0.05, 0.1) is 41.2 Å². The lowest BCUT2D eigenvalue weighted by Crippen LogP contribution is -2.40. The molecule has 12 heteroatoms. The van der Waals surface area contributed by atoms with Crippen LogP contribution in [0.3, 0.4) is 0 Å². The van der Waals surface area contributed by atoms with Gasteiger partial charge in [0.1, 0.15) is 13.4 Å². The maximum absolute atomic E-state index is 15.9. The Labute approximate surface area is 229 Å². The van der Waals surface area contributed by atoms with Gasteiger partial charge in [-0.05, 0) is 62.8 Å². The number of halogens is 1. The molecule has 2 aromatic carbocycles. The molecule has 1 aliphatic carbocycles. The van der Waals surface area contributed by atoms with Crippen LogP contribution in [-0.2, 0) is 21.2 Å². The minimum absolute atomic E-state index is 0.0623. The first-order chi connectivity index (χ1) is 18.7. The summed E-state index contributed by atoms with van der Waals surface area (Å²) in [6, 6.07) is 7.47. The van der Waals surface area contributed by atoms with Gasteiger partial charge in [0, 0.05) is 25.3 Å². The molecular formula is C27H35BFN5O4S. The Bertz CT molecular complexity index is 1460. The number of amides is 1. The molecule has 1 saturated carbocycles. The molecule has 0 spiro atoms. The zero-order chi connectivity index (χ0) is 27.6. The molecule has 2 aliphatic rings. The van der Waals surface area contributed by atoms with Gasteiger partial charge in [0.15, 0.2) is 15.7 Å². The molecule has 2 N–H and O–H groups in total. The smallest absolute Gasteiger partial charge is 0.277 e. The van der Waals surface area contributed by atoms with Crippen molar-refractivity contribution in [2.45, 2.75) is 39.2 Å². The van der Waals surface area contributed by atoms with Crippen LogP contribution < -0.4 is 16.3 Å². The first-order valence-corrected chi connectivity index (χ1v) is 15.4. The zero-order valence-electron chi connectivity index (χ0n) is 22.5. The quantitative estimate of drug-likeness (QED) is 0.212.